The second-order valence-electron chi connectivity index (χ2n) is 2.85. The quantitative estimate of drug-likeness (QED) is 0.473. The van der Waals surface area contributed by atoms with Crippen molar-refractivity contribution in [2.45, 2.75) is 39.2 Å². The zero-order valence-electron chi connectivity index (χ0n) is 7.96. The summed E-state index contributed by atoms with van der Waals surface area (Å²) in [6, 6.07) is 0.149. The van der Waals surface area contributed by atoms with E-state index in [1.807, 2.05) is 6.92 Å². The van der Waals surface area contributed by atoms with Gasteiger partial charge in [-0.1, -0.05) is 31.2 Å². The van der Waals surface area contributed by atoms with E-state index in [4.69, 9.17) is 5.21 Å². The zero-order chi connectivity index (χ0) is 9.23. The van der Waals surface area contributed by atoms with Gasteiger partial charge in [0.05, 0.1) is 0 Å². The smallest absolute Gasteiger partial charge is 0.0325 e. The van der Waals surface area contributed by atoms with Crippen molar-refractivity contribution in [3.8, 4) is 0 Å². The molecule has 0 saturated heterocycles. The zero-order valence-corrected chi connectivity index (χ0v) is 7.96. The van der Waals surface area contributed by atoms with Gasteiger partial charge in [0.15, 0.2) is 0 Å². The lowest BCUT2D eigenvalue weighted by Gasteiger charge is -2.02. The number of hydrogen-bond acceptors (Lipinski definition) is 2. The Labute approximate surface area is 74.9 Å². The molecule has 0 spiro atoms. The van der Waals surface area contributed by atoms with Gasteiger partial charge in [0.2, 0.25) is 0 Å². The molecule has 12 heavy (non-hydrogen) atoms. The molecule has 2 nitrogen and oxygen atoms in total. The Balaban J connectivity index is 3.31. The van der Waals surface area contributed by atoms with E-state index in [1.165, 1.54) is 0 Å². The molecule has 0 bridgehead atoms. The molecule has 1 unspecified atom stereocenters. The minimum absolute atomic E-state index is 0.149. The molecule has 0 fully saturated rings. The molecule has 0 aliphatic rings. The predicted molar refractivity (Wildman–Crippen MR) is 52.2 cm³/mol. The molecule has 1 atom stereocenters. The highest BCUT2D eigenvalue weighted by atomic mass is 16.5. The molecule has 0 heterocycles. The molecule has 0 amide bonds. The third kappa shape index (κ3) is 7.51. The fourth-order valence-electron chi connectivity index (χ4n) is 0.791. The number of nitrogens with one attached hydrogen (secondary N) is 1. The van der Waals surface area contributed by atoms with Crippen LogP contribution >= 0.6 is 0 Å². The molecule has 0 rings (SSSR count). The largest absolute Gasteiger partial charge is 0.317 e. The predicted octanol–water partition coefficient (Wildman–Crippen LogP) is 2.66. The van der Waals surface area contributed by atoms with E-state index in [2.05, 4.69) is 36.7 Å². The van der Waals surface area contributed by atoms with Gasteiger partial charge in [-0.25, -0.2) is 5.48 Å². The SMILES string of the molecule is CCC=CCC=CCC(C)NO. The minimum Gasteiger partial charge on any atom is -0.317 e. The van der Waals surface area contributed by atoms with E-state index in [1.54, 1.807) is 0 Å². The van der Waals surface area contributed by atoms with Crippen LogP contribution in [0, 0.1) is 0 Å². The highest BCUT2D eigenvalue weighted by Crippen LogP contribution is 1.94. The Kier molecular flexibility index (Phi) is 8.07. The van der Waals surface area contributed by atoms with E-state index in [0.717, 1.165) is 19.3 Å². The maximum absolute atomic E-state index is 8.48. The van der Waals surface area contributed by atoms with Crippen LogP contribution in [0.3, 0.4) is 0 Å². The van der Waals surface area contributed by atoms with Crippen molar-refractivity contribution in [3.63, 3.8) is 0 Å². The summed E-state index contributed by atoms with van der Waals surface area (Å²) in [4.78, 5) is 0. The lowest BCUT2D eigenvalue weighted by molar-refractivity contribution is 0.134. The van der Waals surface area contributed by atoms with Crippen LogP contribution in [0.25, 0.3) is 0 Å². The highest BCUT2D eigenvalue weighted by molar-refractivity contribution is 4.93. The lowest BCUT2D eigenvalue weighted by atomic mass is 10.2. The third-order valence-electron chi connectivity index (χ3n) is 1.55. The van der Waals surface area contributed by atoms with E-state index in [9.17, 15) is 0 Å². The minimum atomic E-state index is 0.149. The van der Waals surface area contributed by atoms with Gasteiger partial charge >= 0.3 is 0 Å². The van der Waals surface area contributed by atoms with Crippen LogP contribution in [0.15, 0.2) is 24.3 Å². The van der Waals surface area contributed by atoms with Crippen molar-refractivity contribution in [3.05, 3.63) is 24.3 Å². The Bertz CT molecular complexity index is 141. The van der Waals surface area contributed by atoms with Crippen molar-refractivity contribution in [2.24, 2.45) is 0 Å². The fourth-order valence-corrected chi connectivity index (χ4v) is 0.791. The lowest BCUT2D eigenvalue weighted by Crippen LogP contribution is -2.20. The summed E-state index contributed by atoms with van der Waals surface area (Å²) in [6.45, 7) is 4.06. The van der Waals surface area contributed by atoms with Crippen molar-refractivity contribution in [1.82, 2.24) is 5.48 Å². The summed E-state index contributed by atoms with van der Waals surface area (Å²) in [7, 11) is 0. The Morgan fingerprint density at radius 3 is 2.50 bits per heavy atom. The first-order valence-electron chi connectivity index (χ1n) is 4.50. The van der Waals surface area contributed by atoms with Crippen LogP contribution in [-0.4, -0.2) is 11.2 Å². The Morgan fingerprint density at radius 2 is 1.92 bits per heavy atom. The maximum atomic E-state index is 8.48. The molecule has 0 saturated carbocycles. The molecule has 2 N–H and O–H groups in total. The highest BCUT2D eigenvalue weighted by Gasteiger charge is 1.92. The summed E-state index contributed by atoms with van der Waals surface area (Å²) in [5.41, 5.74) is 2.20. The van der Waals surface area contributed by atoms with Gasteiger partial charge in [0.25, 0.3) is 0 Å². The normalized spacial score (nSPS) is 14.6. The Morgan fingerprint density at radius 1 is 1.25 bits per heavy atom. The van der Waals surface area contributed by atoms with Crippen molar-refractivity contribution in [2.75, 3.05) is 0 Å². The van der Waals surface area contributed by atoms with Gasteiger partial charge in [0, 0.05) is 6.04 Å². The number of rotatable bonds is 6. The van der Waals surface area contributed by atoms with Crippen LogP contribution in [0.5, 0.6) is 0 Å². The van der Waals surface area contributed by atoms with Crippen LogP contribution in [-0.2, 0) is 0 Å². The maximum Gasteiger partial charge on any atom is 0.0325 e. The average molecular weight is 169 g/mol. The molecule has 0 aliphatic heterocycles. The molecule has 0 aromatic heterocycles. The Hall–Kier alpha value is -0.600. The summed E-state index contributed by atoms with van der Waals surface area (Å²) >= 11 is 0. The monoisotopic (exact) mass is 169 g/mol. The van der Waals surface area contributed by atoms with Crippen LogP contribution in [0.1, 0.15) is 33.1 Å². The number of hydroxylamine groups is 1. The van der Waals surface area contributed by atoms with Gasteiger partial charge in [-0.3, -0.25) is 0 Å². The van der Waals surface area contributed by atoms with Gasteiger partial charge in [-0.05, 0) is 26.2 Å². The summed E-state index contributed by atoms with van der Waals surface area (Å²) < 4.78 is 0. The van der Waals surface area contributed by atoms with E-state index < -0.39 is 0 Å². The molecular weight excluding hydrogens is 150 g/mol. The van der Waals surface area contributed by atoms with Crippen molar-refractivity contribution >= 4 is 0 Å². The van der Waals surface area contributed by atoms with Gasteiger partial charge < -0.3 is 5.21 Å². The molecule has 0 radical (unpaired) electrons. The second-order valence-corrected chi connectivity index (χ2v) is 2.85. The average Bonchev–Trinajstić information content (AvgIpc) is 2.10. The molecule has 0 aromatic rings. The first-order valence-corrected chi connectivity index (χ1v) is 4.50. The number of hydrogen-bond donors (Lipinski definition) is 2. The van der Waals surface area contributed by atoms with Crippen LogP contribution < -0.4 is 5.48 Å². The summed E-state index contributed by atoms with van der Waals surface area (Å²) in [6.07, 6.45) is 11.4. The van der Waals surface area contributed by atoms with Crippen LogP contribution in [0.2, 0.25) is 0 Å². The topological polar surface area (TPSA) is 32.3 Å². The van der Waals surface area contributed by atoms with Crippen molar-refractivity contribution < 1.29 is 5.21 Å². The van der Waals surface area contributed by atoms with Gasteiger partial charge in [0.1, 0.15) is 0 Å². The van der Waals surface area contributed by atoms with Crippen molar-refractivity contribution in [1.29, 1.82) is 0 Å². The van der Waals surface area contributed by atoms with E-state index >= 15 is 0 Å². The molecule has 0 aromatic carbocycles. The second kappa shape index (κ2) is 8.50. The molecule has 2 heteroatoms. The first-order chi connectivity index (χ1) is 5.81. The summed E-state index contributed by atoms with van der Waals surface area (Å²) in [5, 5.41) is 8.48. The standard InChI is InChI=1S/C10H19NO/c1-3-4-5-6-7-8-9-10(2)11-12/h4-5,7-8,10-12H,3,6,9H2,1-2H3. The van der Waals surface area contributed by atoms with Gasteiger partial charge in [-0.2, -0.15) is 0 Å². The summed E-state index contributed by atoms with van der Waals surface area (Å²) in [5.74, 6) is 0. The molecule has 0 aliphatic carbocycles. The van der Waals surface area contributed by atoms with E-state index in [0.29, 0.717) is 0 Å². The van der Waals surface area contributed by atoms with Crippen LogP contribution in [0.4, 0.5) is 0 Å². The van der Waals surface area contributed by atoms with Gasteiger partial charge in [-0.15, -0.1) is 0 Å². The molecular formula is C10H19NO. The molecule has 70 valence electrons. The number of allylic oxidation sites excluding steroid dienone is 3. The van der Waals surface area contributed by atoms with E-state index in [-0.39, 0.29) is 6.04 Å². The first kappa shape index (κ1) is 11.4. The third-order valence-corrected chi connectivity index (χ3v) is 1.55. The fraction of sp³-hybridized carbons (Fsp3) is 0.600.